The fraction of sp³-hybridized carbons (Fsp3) is 0.391. The number of amides is 2. The number of rotatable bonds is 3. The van der Waals surface area contributed by atoms with Gasteiger partial charge in [-0.1, -0.05) is 0 Å². The number of hydrogen-bond donors (Lipinski definition) is 1. The molecule has 166 valence electrons. The minimum atomic E-state index is -0.542. The number of carbonyl (C=O) groups excluding carboxylic acids is 2. The number of likely N-dealkylation sites (tertiary alicyclic amines) is 1. The molecule has 9 heteroatoms. The Morgan fingerprint density at radius 3 is 2.66 bits per heavy atom. The molecule has 5 rings (SSSR count). The van der Waals surface area contributed by atoms with Crippen LogP contribution in [0.2, 0.25) is 0 Å². The van der Waals surface area contributed by atoms with Gasteiger partial charge in [0.15, 0.2) is 0 Å². The van der Waals surface area contributed by atoms with Gasteiger partial charge in [-0.15, -0.1) is 0 Å². The van der Waals surface area contributed by atoms with Gasteiger partial charge in [-0.05, 0) is 17.7 Å². The number of aliphatic hydroxyl groups excluding tert-OH is 1. The molecule has 2 aliphatic rings. The average Bonchev–Trinajstić information content (AvgIpc) is 3.08. The lowest BCUT2D eigenvalue weighted by Gasteiger charge is -2.56. The lowest BCUT2D eigenvalue weighted by Crippen LogP contribution is -2.68. The Hall–Kier alpha value is -3.46. The number of aryl methyl sites for hydroxylation is 1. The summed E-state index contributed by atoms with van der Waals surface area (Å²) >= 11 is 0. The van der Waals surface area contributed by atoms with Crippen LogP contribution in [0.15, 0.2) is 36.8 Å². The molecule has 1 spiro atoms. The summed E-state index contributed by atoms with van der Waals surface area (Å²) in [5, 5.41) is 11.5. The molecule has 0 bridgehead atoms. The van der Waals surface area contributed by atoms with Crippen molar-refractivity contribution in [1.29, 1.82) is 0 Å². The molecule has 0 saturated carbocycles. The van der Waals surface area contributed by atoms with Gasteiger partial charge in [0.25, 0.3) is 5.91 Å². The maximum absolute atomic E-state index is 13.5. The van der Waals surface area contributed by atoms with E-state index in [1.807, 2.05) is 29.8 Å². The van der Waals surface area contributed by atoms with E-state index in [0.717, 1.165) is 27.9 Å². The highest BCUT2D eigenvalue weighted by atomic mass is 16.5. The maximum atomic E-state index is 13.5. The number of ether oxygens (including phenoxy) is 1. The monoisotopic (exact) mass is 435 g/mol. The van der Waals surface area contributed by atoms with Crippen molar-refractivity contribution in [2.75, 3.05) is 33.4 Å². The first-order valence-corrected chi connectivity index (χ1v) is 10.5. The number of methoxy groups -OCH3 is 1. The summed E-state index contributed by atoms with van der Waals surface area (Å²) in [6.07, 6.45) is 4.44. The Balaban J connectivity index is 1.71. The third kappa shape index (κ3) is 2.81. The Morgan fingerprint density at radius 2 is 2.03 bits per heavy atom. The first kappa shape index (κ1) is 20.4. The molecule has 1 aromatic carbocycles. The summed E-state index contributed by atoms with van der Waals surface area (Å²) in [6.45, 7) is 2.75. The Bertz CT molecular complexity index is 1220. The van der Waals surface area contributed by atoms with Crippen molar-refractivity contribution in [2.45, 2.75) is 18.4 Å². The Morgan fingerprint density at radius 1 is 1.25 bits per heavy atom. The standard InChI is InChI=1S/C23H25N5O4/c1-14(30)27-11-23(12-27)13-28(22(31)17-9-24-6-7-25-17)19(10-29)21-20(23)16-5-4-15(32-3)8-18(16)26(21)2/h4-9,19,29H,10-13H2,1-3H3/t19-/m0/s1. The van der Waals surface area contributed by atoms with Crippen LogP contribution in [-0.2, 0) is 17.3 Å². The highest BCUT2D eigenvalue weighted by molar-refractivity contribution is 5.94. The molecule has 0 aliphatic carbocycles. The molecule has 32 heavy (non-hydrogen) atoms. The van der Waals surface area contributed by atoms with E-state index in [1.54, 1.807) is 23.8 Å². The molecule has 4 heterocycles. The van der Waals surface area contributed by atoms with E-state index >= 15 is 0 Å². The van der Waals surface area contributed by atoms with Crippen LogP contribution in [0.4, 0.5) is 0 Å². The third-order valence-corrected chi connectivity index (χ3v) is 6.80. The summed E-state index contributed by atoms with van der Waals surface area (Å²) in [7, 11) is 3.56. The van der Waals surface area contributed by atoms with E-state index in [0.29, 0.717) is 19.6 Å². The lowest BCUT2D eigenvalue weighted by atomic mass is 9.68. The second kappa shape index (κ2) is 7.30. The second-order valence-electron chi connectivity index (χ2n) is 8.58. The molecule has 1 fully saturated rings. The normalized spacial score (nSPS) is 19.1. The predicted molar refractivity (Wildman–Crippen MR) is 116 cm³/mol. The van der Waals surface area contributed by atoms with Crippen LogP contribution >= 0.6 is 0 Å². The van der Waals surface area contributed by atoms with E-state index in [1.165, 1.54) is 18.6 Å². The number of aromatic nitrogens is 3. The van der Waals surface area contributed by atoms with Gasteiger partial charge in [0.05, 0.1) is 36.9 Å². The minimum Gasteiger partial charge on any atom is -0.497 e. The second-order valence-corrected chi connectivity index (χ2v) is 8.58. The molecule has 1 N–H and O–H groups in total. The number of hydrogen-bond acceptors (Lipinski definition) is 6. The number of fused-ring (bicyclic) bond motifs is 4. The fourth-order valence-electron chi connectivity index (χ4n) is 5.29. The van der Waals surface area contributed by atoms with Gasteiger partial charge < -0.3 is 24.2 Å². The zero-order chi connectivity index (χ0) is 22.6. The molecular formula is C23H25N5O4. The molecule has 2 aliphatic heterocycles. The summed E-state index contributed by atoms with van der Waals surface area (Å²) < 4.78 is 7.46. The van der Waals surface area contributed by atoms with Crippen molar-refractivity contribution in [3.8, 4) is 5.75 Å². The quantitative estimate of drug-likeness (QED) is 0.665. The van der Waals surface area contributed by atoms with E-state index in [9.17, 15) is 14.7 Å². The van der Waals surface area contributed by atoms with Crippen molar-refractivity contribution in [1.82, 2.24) is 24.3 Å². The molecule has 3 aromatic rings. The van der Waals surface area contributed by atoms with Crippen molar-refractivity contribution >= 4 is 22.7 Å². The smallest absolute Gasteiger partial charge is 0.274 e. The first-order chi connectivity index (χ1) is 15.4. The van der Waals surface area contributed by atoms with Gasteiger partial charge in [0.2, 0.25) is 5.91 Å². The van der Waals surface area contributed by atoms with E-state index in [2.05, 4.69) is 9.97 Å². The average molecular weight is 435 g/mol. The van der Waals surface area contributed by atoms with Crippen LogP contribution in [0, 0.1) is 0 Å². The minimum absolute atomic E-state index is 0.00941. The molecule has 2 amide bonds. The van der Waals surface area contributed by atoms with Gasteiger partial charge in [0, 0.05) is 63.1 Å². The van der Waals surface area contributed by atoms with Crippen LogP contribution in [0.3, 0.4) is 0 Å². The van der Waals surface area contributed by atoms with Gasteiger partial charge >= 0.3 is 0 Å². The van der Waals surface area contributed by atoms with Crippen LogP contribution in [-0.4, -0.2) is 74.6 Å². The molecular weight excluding hydrogens is 410 g/mol. The summed E-state index contributed by atoms with van der Waals surface area (Å²) in [4.78, 5) is 37.2. The topological polar surface area (TPSA) is 101 Å². The van der Waals surface area contributed by atoms with Crippen molar-refractivity contribution in [3.63, 3.8) is 0 Å². The highest BCUT2D eigenvalue weighted by Gasteiger charge is 2.55. The van der Waals surface area contributed by atoms with E-state index in [-0.39, 0.29) is 24.1 Å². The van der Waals surface area contributed by atoms with Crippen molar-refractivity contribution in [3.05, 3.63) is 53.7 Å². The van der Waals surface area contributed by atoms with Crippen LogP contribution < -0.4 is 4.74 Å². The SMILES string of the molecule is COc1ccc2c3c(n(C)c2c1)[C@H](CO)N(C(=O)c1cnccn1)CC31CN(C(C)=O)C1. The zero-order valence-corrected chi connectivity index (χ0v) is 18.3. The first-order valence-electron chi connectivity index (χ1n) is 10.5. The molecule has 1 atom stereocenters. The molecule has 9 nitrogen and oxygen atoms in total. The number of aliphatic hydroxyl groups is 1. The molecule has 0 radical (unpaired) electrons. The highest BCUT2D eigenvalue weighted by Crippen LogP contribution is 2.49. The molecule has 1 saturated heterocycles. The van der Waals surface area contributed by atoms with Crippen LogP contribution in [0.1, 0.15) is 34.7 Å². The lowest BCUT2D eigenvalue weighted by molar-refractivity contribution is -0.137. The molecule has 0 unspecified atom stereocenters. The summed E-state index contributed by atoms with van der Waals surface area (Å²) in [6, 6.07) is 5.37. The zero-order valence-electron chi connectivity index (χ0n) is 18.3. The maximum Gasteiger partial charge on any atom is 0.274 e. The van der Waals surface area contributed by atoms with Gasteiger partial charge in [-0.25, -0.2) is 4.98 Å². The number of benzene rings is 1. The van der Waals surface area contributed by atoms with Crippen LogP contribution in [0.25, 0.3) is 10.9 Å². The Labute approximate surface area is 185 Å². The third-order valence-electron chi connectivity index (χ3n) is 6.80. The van der Waals surface area contributed by atoms with Gasteiger partial charge in [-0.3, -0.25) is 14.6 Å². The Kier molecular flexibility index (Phi) is 4.67. The van der Waals surface area contributed by atoms with Crippen molar-refractivity contribution < 1.29 is 19.4 Å². The fourth-order valence-corrected chi connectivity index (χ4v) is 5.29. The van der Waals surface area contributed by atoms with Gasteiger partial charge in [-0.2, -0.15) is 0 Å². The van der Waals surface area contributed by atoms with E-state index in [4.69, 9.17) is 4.74 Å². The number of carbonyl (C=O) groups is 2. The molecule has 2 aromatic heterocycles. The van der Waals surface area contributed by atoms with Crippen LogP contribution in [0.5, 0.6) is 5.75 Å². The number of nitrogens with zero attached hydrogens (tertiary/aromatic N) is 5. The van der Waals surface area contributed by atoms with Crippen molar-refractivity contribution in [2.24, 2.45) is 7.05 Å². The van der Waals surface area contributed by atoms with E-state index < -0.39 is 11.5 Å². The summed E-state index contributed by atoms with van der Waals surface area (Å²) in [5.41, 5.74) is 2.74. The summed E-state index contributed by atoms with van der Waals surface area (Å²) in [5.74, 6) is 0.456. The van der Waals surface area contributed by atoms with Gasteiger partial charge in [0.1, 0.15) is 11.4 Å². The predicted octanol–water partition coefficient (Wildman–Crippen LogP) is 1.27. The largest absolute Gasteiger partial charge is 0.497 e.